The van der Waals surface area contributed by atoms with Gasteiger partial charge in [0.05, 0.1) is 36.6 Å². The number of nitrogens with zero attached hydrogens (tertiary/aromatic N) is 2. The van der Waals surface area contributed by atoms with Crippen LogP contribution in [-0.2, 0) is 20.7 Å². The van der Waals surface area contributed by atoms with Crippen molar-refractivity contribution in [2.75, 3.05) is 18.2 Å². The Bertz CT molecular complexity index is 888. The number of H-pyrrole nitrogens is 1. The van der Waals surface area contributed by atoms with Gasteiger partial charge in [0.1, 0.15) is 0 Å². The Labute approximate surface area is 147 Å². The summed E-state index contributed by atoms with van der Waals surface area (Å²) < 4.78 is 4.53. The zero-order valence-corrected chi connectivity index (χ0v) is 14.1. The van der Waals surface area contributed by atoms with Gasteiger partial charge >= 0.3 is 5.97 Å². The molecule has 1 aromatic carbocycles. The van der Waals surface area contributed by atoms with Crippen LogP contribution in [0.1, 0.15) is 11.3 Å². The number of esters is 1. The molecule has 0 atom stereocenters. The Morgan fingerprint density at radius 2 is 2.20 bits per heavy atom. The van der Waals surface area contributed by atoms with Gasteiger partial charge in [-0.05, 0) is 18.2 Å². The number of benzene rings is 1. The number of methoxy groups -OCH3 is 1. The molecule has 9 heteroatoms. The molecule has 0 bridgehead atoms. The van der Waals surface area contributed by atoms with Crippen LogP contribution in [0.3, 0.4) is 0 Å². The standard InChI is InChI=1S/C16H14N4O4S/c1-24-15(23)7-12-6-13(21)20-16(19-12)25-9-14(22)18-11-4-2-3-10(5-11)8-17/h2-6H,7,9H2,1H3,(H,18,22)(H,19,20,21). The van der Waals surface area contributed by atoms with Crippen LogP contribution in [0.25, 0.3) is 0 Å². The van der Waals surface area contributed by atoms with E-state index in [-0.39, 0.29) is 28.9 Å². The van der Waals surface area contributed by atoms with E-state index in [1.54, 1.807) is 24.3 Å². The maximum absolute atomic E-state index is 12.0. The molecule has 25 heavy (non-hydrogen) atoms. The van der Waals surface area contributed by atoms with Gasteiger partial charge in [-0.3, -0.25) is 14.4 Å². The number of rotatable bonds is 6. The summed E-state index contributed by atoms with van der Waals surface area (Å²) in [6.07, 6.45) is -0.124. The van der Waals surface area contributed by atoms with Crippen molar-refractivity contribution < 1.29 is 14.3 Å². The molecular weight excluding hydrogens is 344 g/mol. The van der Waals surface area contributed by atoms with Gasteiger partial charge in [-0.15, -0.1) is 0 Å². The topological polar surface area (TPSA) is 125 Å². The molecule has 2 rings (SSSR count). The number of nitriles is 1. The van der Waals surface area contributed by atoms with Gasteiger partial charge < -0.3 is 15.0 Å². The van der Waals surface area contributed by atoms with Gasteiger partial charge in [0.2, 0.25) is 5.91 Å². The number of hydrogen-bond donors (Lipinski definition) is 2. The molecule has 0 aliphatic rings. The van der Waals surface area contributed by atoms with Crippen molar-refractivity contribution in [2.24, 2.45) is 0 Å². The molecule has 2 aromatic rings. The van der Waals surface area contributed by atoms with Gasteiger partial charge in [-0.1, -0.05) is 17.8 Å². The molecule has 0 unspecified atom stereocenters. The second-order valence-electron chi connectivity index (χ2n) is 4.82. The number of thioether (sulfide) groups is 1. The second-order valence-corrected chi connectivity index (χ2v) is 5.79. The van der Waals surface area contributed by atoms with Crippen molar-refractivity contribution >= 4 is 29.3 Å². The van der Waals surface area contributed by atoms with Gasteiger partial charge in [-0.2, -0.15) is 5.26 Å². The number of ether oxygens (including phenoxy) is 1. The first kappa shape index (κ1) is 18.2. The molecule has 0 saturated heterocycles. The number of anilines is 1. The van der Waals surface area contributed by atoms with E-state index in [2.05, 4.69) is 20.0 Å². The maximum Gasteiger partial charge on any atom is 0.311 e. The highest BCUT2D eigenvalue weighted by Gasteiger charge is 2.10. The Morgan fingerprint density at radius 1 is 1.40 bits per heavy atom. The molecule has 1 aromatic heterocycles. The summed E-state index contributed by atoms with van der Waals surface area (Å²) in [5.74, 6) is -0.827. The van der Waals surface area contributed by atoms with Crippen LogP contribution < -0.4 is 10.9 Å². The average Bonchev–Trinajstić information content (AvgIpc) is 2.59. The number of aromatic amines is 1. The summed E-state index contributed by atoms with van der Waals surface area (Å²) in [5, 5.41) is 11.7. The van der Waals surface area contributed by atoms with Crippen LogP contribution in [0.2, 0.25) is 0 Å². The largest absolute Gasteiger partial charge is 0.469 e. The number of aromatic nitrogens is 2. The third kappa shape index (κ3) is 5.78. The average molecular weight is 358 g/mol. The molecule has 0 saturated carbocycles. The van der Waals surface area contributed by atoms with E-state index in [9.17, 15) is 14.4 Å². The quantitative estimate of drug-likeness (QED) is 0.450. The van der Waals surface area contributed by atoms with Crippen molar-refractivity contribution in [1.82, 2.24) is 9.97 Å². The van der Waals surface area contributed by atoms with Crippen LogP contribution >= 0.6 is 11.8 Å². The minimum atomic E-state index is -0.510. The zero-order chi connectivity index (χ0) is 18.2. The summed E-state index contributed by atoms with van der Waals surface area (Å²) >= 11 is 1.02. The molecule has 0 spiro atoms. The summed E-state index contributed by atoms with van der Waals surface area (Å²) in [6, 6.07) is 9.71. The molecule has 8 nitrogen and oxygen atoms in total. The third-order valence-electron chi connectivity index (χ3n) is 2.94. The smallest absolute Gasteiger partial charge is 0.311 e. The van der Waals surface area contributed by atoms with Crippen LogP contribution in [0.5, 0.6) is 0 Å². The van der Waals surface area contributed by atoms with E-state index in [1.807, 2.05) is 6.07 Å². The lowest BCUT2D eigenvalue weighted by Crippen LogP contribution is -2.17. The lowest BCUT2D eigenvalue weighted by molar-refractivity contribution is -0.139. The van der Waals surface area contributed by atoms with Crippen LogP contribution in [0.4, 0.5) is 5.69 Å². The molecule has 0 radical (unpaired) electrons. The van der Waals surface area contributed by atoms with Gasteiger partial charge in [-0.25, -0.2) is 4.98 Å². The number of carbonyl (C=O) groups excluding carboxylic acids is 2. The van der Waals surface area contributed by atoms with Crippen LogP contribution in [0, 0.1) is 11.3 Å². The number of amides is 1. The Hall–Kier alpha value is -3.12. The predicted octanol–water partition coefficient (Wildman–Crippen LogP) is 1.09. The van der Waals surface area contributed by atoms with E-state index in [4.69, 9.17) is 5.26 Å². The van der Waals surface area contributed by atoms with Crippen molar-refractivity contribution in [3.63, 3.8) is 0 Å². The highest BCUT2D eigenvalue weighted by molar-refractivity contribution is 7.99. The summed E-state index contributed by atoms with van der Waals surface area (Å²) in [4.78, 5) is 41.4. The molecule has 128 valence electrons. The van der Waals surface area contributed by atoms with Crippen molar-refractivity contribution in [3.8, 4) is 6.07 Å². The monoisotopic (exact) mass is 358 g/mol. The fourth-order valence-electron chi connectivity index (χ4n) is 1.86. The minimum absolute atomic E-state index is 0.00139. The first-order valence-electron chi connectivity index (χ1n) is 7.10. The summed E-state index contributed by atoms with van der Waals surface area (Å²) in [7, 11) is 1.25. The molecule has 0 aliphatic carbocycles. The Kier molecular flexibility index (Phi) is 6.31. The Morgan fingerprint density at radius 3 is 2.92 bits per heavy atom. The number of carbonyl (C=O) groups is 2. The van der Waals surface area contributed by atoms with Crippen molar-refractivity contribution in [1.29, 1.82) is 5.26 Å². The lowest BCUT2D eigenvalue weighted by atomic mass is 10.2. The lowest BCUT2D eigenvalue weighted by Gasteiger charge is -2.06. The summed E-state index contributed by atoms with van der Waals surface area (Å²) in [5.41, 5.74) is 0.788. The second kappa shape index (κ2) is 8.65. The van der Waals surface area contributed by atoms with Gasteiger partial charge in [0.15, 0.2) is 5.16 Å². The third-order valence-corrected chi connectivity index (χ3v) is 3.81. The van der Waals surface area contributed by atoms with E-state index in [0.29, 0.717) is 11.3 Å². The molecule has 0 fully saturated rings. The minimum Gasteiger partial charge on any atom is -0.469 e. The molecule has 2 N–H and O–H groups in total. The Balaban J connectivity index is 1.98. The molecule has 0 aliphatic heterocycles. The van der Waals surface area contributed by atoms with Crippen LogP contribution in [0.15, 0.2) is 40.3 Å². The normalized spacial score (nSPS) is 9.92. The first-order chi connectivity index (χ1) is 12.0. The first-order valence-corrected chi connectivity index (χ1v) is 8.08. The molecule has 1 heterocycles. The molecule has 1 amide bonds. The highest BCUT2D eigenvalue weighted by atomic mass is 32.2. The fourth-order valence-corrected chi connectivity index (χ4v) is 2.55. The van der Waals surface area contributed by atoms with Crippen molar-refractivity contribution in [3.05, 3.63) is 51.9 Å². The number of hydrogen-bond acceptors (Lipinski definition) is 7. The van der Waals surface area contributed by atoms with Crippen LogP contribution in [-0.4, -0.2) is 34.7 Å². The SMILES string of the molecule is COC(=O)Cc1cc(=O)[nH]c(SCC(=O)Nc2cccc(C#N)c2)n1. The van der Waals surface area contributed by atoms with E-state index < -0.39 is 11.5 Å². The fraction of sp³-hybridized carbons (Fsp3) is 0.188. The van der Waals surface area contributed by atoms with E-state index in [1.165, 1.54) is 13.2 Å². The van der Waals surface area contributed by atoms with Gasteiger partial charge in [0.25, 0.3) is 5.56 Å². The van der Waals surface area contributed by atoms with Crippen molar-refractivity contribution in [2.45, 2.75) is 11.6 Å². The predicted molar refractivity (Wildman–Crippen MR) is 91.1 cm³/mol. The van der Waals surface area contributed by atoms with E-state index >= 15 is 0 Å². The summed E-state index contributed by atoms with van der Waals surface area (Å²) in [6.45, 7) is 0. The molecular formula is C16H14N4O4S. The zero-order valence-electron chi connectivity index (χ0n) is 13.2. The highest BCUT2D eigenvalue weighted by Crippen LogP contribution is 2.14. The maximum atomic E-state index is 12.0. The number of nitrogens with one attached hydrogen (secondary N) is 2. The van der Waals surface area contributed by atoms with Gasteiger partial charge in [0, 0.05) is 11.8 Å². The van der Waals surface area contributed by atoms with E-state index in [0.717, 1.165) is 11.8 Å².